The molecule has 0 spiro atoms. The molecule has 0 amide bonds. The van der Waals surface area contributed by atoms with E-state index >= 15 is 0 Å². The summed E-state index contributed by atoms with van der Waals surface area (Å²) in [5.74, 6) is 0.525. The Balaban J connectivity index is 2.04. The lowest BCUT2D eigenvalue weighted by Gasteiger charge is -2.13. The van der Waals surface area contributed by atoms with Crippen molar-refractivity contribution < 1.29 is 0 Å². The number of benzene rings is 1. The molecule has 112 valence electrons. The Morgan fingerprint density at radius 3 is 2.05 bits per heavy atom. The predicted molar refractivity (Wildman–Crippen MR) is 87.9 cm³/mol. The second-order valence-corrected chi connectivity index (χ2v) is 8.02. The van der Waals surface area contributed by atoms with Gasteiger partial charge in [-0.25, -0.2) is 0 Å². The molecule has 4 nitrogen and oxygen atoms in total. The minimum atomic E-state index is -0.616. The molecule has 0 radical (unpaired) electrons. The van der Waals surface area contributed by atoms with Crippen LogP contribution in [-0.4, -0.2) is 9.97 Å². The number of aromatic nitrogens is 2. The highest BCUT2D eigenvalue weighted by atomic mass is 79.9. The van der Waals surface area contributed by atoms with Gasteiger partial charge < -0.3 is 9.97 Å². The number of hydrogen-bond acceptors (Lipinski definition) is 2. The zero-order valence-corrected chi connectivity index (χ0v) is 14.2. The van der Waals surface area contributed by atoms with Crippen LogP contribution in [0.3, 0.4) is 0 Å². The van der Waals surface area contributed by atoms with Crippen LogP contribution in [0.2, 0.25) is 0 Å². The fraction of sp³-hybridized carbons (Fsp3) is 0.500. The highest BCUT2D eigenvalue weighted by molar-refractivity contribution is 9.09. The molecular weight excluding hydrogens is 332 g/mol. The number of rotatable bonds is 2. The molecule has 5 heteroatoms. The molecule has 2 aromatic rings. The van der Waals surface area contributed by atoms with Crippen molar-refractivity contribution in [1.29, 1.82) is 0 Å². The van der Waals surface area contributed by atoms with Crippen LogP contribution in [-0.2, 0) is 0 Å². The first-order chi connectivity index (χ1) is 9.66. The van der Waals surface area contributed by atoms with Gasteiger partial charge in [0.25, 0.3) is 0 Å². The molecule has 1 saturated carbocycles. The fourth-order valence-electron chi connectivity index (χ4n) is 3.48. The summed E-state index contributed by atoms with van der Waals surface area (Å²) in [6.07, 6.45) is 0. The van der Waals surface area contributed by atoms with Crippen LogP contribution in [0.15, 0.2) is 27.8 Å². The molecule has 1 aliphatic carbocycles. The molecule has 1 unspecified atom stereocenters. The Morgan fingerprint density at radius 2 is 1.52 bits per heavy atom. The van der Waals surface area contributed by atoms with Gasteiger partial charge >= 0.3 is 11.1 Å². The molecule has 1 aromatic heterocycles. The Hall–Kier alpha value is -1.36. The summed E-state index contributed by atoms with van der Waals surface area (Å²) in [5, 5.41) is 0. The monoisotopic (exact) mass is 350 g/mol. The van der Waals surface area contributed by atoms with Gasteiger partial charge in [0.1, 0.15) is 0 Å². The van der Waals surface area contributed by atoms with Crippen molar-refractivity contribution in [3.05, 3.63) is 44.5 Å². The molecule has 1 aliphatic rings. The topological polar surface area (TPSA) is 65.7 Å². The highest BCUT2D eigenvalue weighted by Crippen LogP contribution is 2.73. The van der Waals surface area contributed by atoms with Gasteiger partial charge in [-0.05, 0) is 34.4 Å². The molecule has 1 aromatic carbocycles. The van der Waals surface area contributed by atoms with Crippen molar-refractivity contribution >= 4 is 27.0 Å². The van der Waals surface area contributed by atoms with Crippen molar-refractivity contribution in [3.8, 4) is 0 Å². The number of hydrogen-bond donors (Lipinski definition) is 2. The van der Waals surface area contributed by atoms with Crippen LogP contribution in [0.4, 0.5) is 0 Å². The van der Waals surface area contributed by atoms with E-state index in [1.54, 1.807) is 0 Å². The number of alkyl halides is 1. The van der Waals surface area contributed by atoms with E-state index in [1.807, 2.05) is 18.2 Å². The van der Waals surface area contributed by atoms with Crippen LogP contribution in [0, 0.1) is 16.7 Å². The van der Waals surface area contributed by atoms with Gasteiger partial charge in [-0.15, -0.1) is 0 Å². The molecule has 1 atom stereocenters. The Kier molecular flexibility index (Phi) is 3.00. The minimum absolute atomic E-state index is 0.224. The molecule has 0 bridgehead atoms. The third kappa shape index (κ3) is 2.01. The van der Waals surface area contributed by atoms with Crippen LogP contribution < -0.4 is 11.1 Å². The third-order valence-electron chi connectivity index (χ3n) is 5.49. The van der Waals surface area contributed by atoms with E-state index in [-0.39, 0.29) is 15.7 Å². The smallest absolute Gasteiger partial charge is 0.314 e. The first-order valence-electron chi connectivity index (χ1n) is 7.06. The Labute approximate surface area is 131 Å². The first kappa shape index (κ1) is 14.6. The van der Waals surface area contributed by atoms with Gasteiger partial charge in [0.05, 0.1) is 11.0 Å². The number of nitrogens with one attached hydrogen (secondary N) is 2. The van der Waals surface area contributed by atoms with Crippen LogP contribution in [0.5, 0.6) is 0 Å². The second kappa shape index (κ2) is 4.32. The van der Waals surface area contributed by atoms with Gasteiger partial charge in [0, 0.05) is 4.83 Å². The number of fused-ring (bicyclic) bond motifs is 1. The van der Waals surface area contributed by atoms with Gasteiger partial charge in [-0.2, -0.15) is 0 Å². The zero-order chi connectivity index (χ0) is 15.6. The van der Waals surface area contributed by atoms with E-state index in [4.69, 9.17) is 0 Å². The van der Waals surface area contributed by atoms with E-state index in [0.717, 1.165) is 5.56 Å². The Bertz CT molecular complexity index is 818. The molecule has 2 N–H and O–H groups in total. The van der Waals surface area contributed by atoms with Gasteiger partial charge in [0.2, 0.25) is 0 Å². The molecule has 0 saturated heterocycles. The van der Waals surface area contributed by atoms with Crippen LogP contribution in [0.25, 0.3) is 11.0 Å². The summed E-state index contributed by atoms with van der Waals surface area (Å²) in [4.78, 5) is 28.2. The SMILES string of the molecule is CC1(C)C(C(Br)c2ccc3[nH]c(=O)c(=O)[nH]c3c2)C1(C)C. The van der Waals surface area contributed by atoms with Crippen molar-refractivity contribution in [2.75, 3.05) is 0 Å². The fourth-order valence-corrected chi connectivity index (χ4v) is 5.08. The minimum Gasteiger partial charge on any atom is -0.316 e. The standard InChI is InChI=1S/C16H19BrN2O2/c1-15(2)12(16(15,3)4)11(17)8-5-6-9-10(7-8)19-14(21)13(20)18-9/h5-7,11-12H,1-4H3,(H,18,20)(H,19,21). The van der Waals surface area contributed by atoms with E-state index in [9.17, 15) is 9.59 Å². The van der Waals surface area contributed by atoms with Crippen molar-refractivity contribution in [1.82, 2.24) is 9.97 Å². The van der Waals surface area contributed by atoms with E-state index < -0.39 is 11.1 Å². The number of aromatic amines is 2. The Morgan fingerprint density at radius 1 is 1.00 bits per heavy atom. The summed E-state index contributed by atoms with van der Waals surface area (Å²) in [6, 6.07) is 5.79. The third-order valence-corrected chi connectivity index (χ3v) is 6.55. The molecule has 21 heavy (non-hydrogen) atoms. The predicted octanol–water partition coefficient (Wildman–Crippen LogP) is 3.33. The van der Waals surface area contributed by atoms with E-state index in [1.165, 1.54) is 0 Å². The summed E-state index contributed by atoms with van der Waals surface area (Å²) in [6.45, 7) is 9.14. The summed E-state index contributed by atoms with van der Waals surface area (Å²) in [5.41, 5.74) is 1.75. The van der Waals surface area contributed by atoms with Crippen molar-refractivity contribution in [2.45, 2.75) is 32.5 Å². The number of halogens is 1. The zero-order valence-electron chi connectivity index (χ0n) is 12.6. The lowest BCUT2D eigenvalue weighted by molar-refractivity contribution is 0.457. The van der Waals surface area contributed by atoms with Gasteiger partial charge in [-0.1, -0.05) is 49.7 Å². The average Bonchev–Trinajstić information content (AvgIpc) is 2.80. The van der Waals surface area contributed by atoms with Gasteiger partial charge in [-0.3, -0.25) is 9.59 Å². The van der Waals surface area contributed by atoms with E-state index in [0.29, 0.717) is 17.0 Å². The lowest BCUT2D eigenvalue weighted by atomic mass is 10.0. The first-order valence-corrected chi connectivity index (χ1v) is 7.98. The summed E-state index contributed by atoms with van der Waals surface area (Å²) < 4.78 is 0. The number of H-pyrrole nitrogens is 2. The molecular formula is C16H19BrN2O2. The largest absolute Gasteiger partial charge is 0.316 e. The maximum absolute atomic E-state index is 11.5. The van der Waals surface area contributed by atoms with E-state index in [2.05, 4.69) is 53.6 Å². The molecule has 0 aliphatic heterocycles. The lowest BCUT2D eigenvalue weighted by Crippen LogP contribution is -2.28. The van der Waals surface area contributed by atoms with Crippen LogP contribution >= 0.6 is 15.9 Å². The maximum atomic E-state index is 11.5. The van der Waals surface area contributed by atoms with Crippen molar-refractivity contribution in [2.24, 2.45) is 16.7 Å². The highest BCUT2D eigenvalue weighted by Gasteiger charge is 2.66. The molecule has 3 rings (SSSR count). The quantitative estimate of drug-likeness (QED) is 0.644. The second-order valence-electron chi connectivity index (χ2n) is 7.04. The summed E-state index contributed by atoms with van der Waals surface area (Å²) >= 11 is 3.82. The van der Waals surface area contributed by atoms with Crippen molar-refractivity contribution in [3.63, 3.8) is 0 Å². The summed E-state index contributed by atoms with van der Waals surface area (Å²) in [7, 11) is 0. The maximum Gasteiger partial charge on any atom is 0.314 e. The molecule has 1 fully saturated rings. The normalized spacial score (nSPS) is 21.4. The average molecular weight is 351 g/mol. The van der Waals surface area contributed by atoms with Gasteiger partial charge in [0.15, 0.2) is 0 Å². The van der Waals surface area contributed by atoms with Crippen LogP contribution in [0.1, 0.15) is 38.1 Å². The molecule has 1 heterocycles.